The van der Waals surface area contributed by atoms with Gasteiger partial charge in [0.25, 0.3) is 0 Å². The van der Waals surface area contributed by atoms with Crippen molar-refractivity contribution in [3.8, 4) is 0 Å². The predicted molar refractivity (Wildman–Crippen MR) is 92.2 cm³/mol. The van der Waals surface area contributed by atoms with Crippen molar-refractivity contribution in [3.05, 3.63) is 22.6 Å². The highest BCUT2D eigenvalue weighted by atomic mass is 79.9. The molecule has 3 heterocycles. The predicted octanol–water partition coefficient (Wildman–Crippen LogP) is 2.19. The summed E-state index contributed by atoms with van der Waals surface area (Å²) in [5.41, 5.74) is 0.280. The van der Waals surface area contributed by atoms with Crippen LogP contribution in [0.25, 0.3) is 0 Å². The SMILES string of the molecule is COCCN1CC(CO)C2(CCN(Cc3ccc(Br)o3)CC2)C1. The van der Waals surface area contributed by atoms with Crippen LogP contribution in [-0.4, -0.2) is 68.0 Å². The molecule has 1 aromatic rings. The first kappa shape index (κ1) is 17.4. The lowest BCUT2D eigenvalue weighted by Crippen LogP contribution is -2.44. The summed E-state index contributed by atoms with van der Waals surface area (Å²) >= 11 is 3.36. The van der Waals surface area contributed by atoms with Crippen LogP contribution in [0.15, 0.2) is 21.2 Å². The zero-order chi connectivity index (χ0) is 16.3. The van der Waals surface area contributed by atoms with Gasteiger partial charge in [-0.2, -0.15) is 0 Å². The smallest absolute Gasteiger partial charge is 0.169 e. The van der Waals surface area contributed by atoms with Crippen LogP contribution >= 0.6 is 15.9 Å². The van der Waals surface area contributed by atoms with E-state index in [1.807, 2.05) is 12.1 Å². The Labute approximate surface area is 146 Å². The standard InChI is InChI=1S/C17H27BrN2O3/c1-22-9-8-20-10-14(12-21)17(13-20)4-6-19(7-5-17)11-15-2-3-16(18)23-15/h2-3,14,21H,4-13H2,1H3. The van der Waals surface area contributed by atoms with Crippen LogP contribution in [0.1, 0.15) is 18.6 Å². The monoisotopic (exact) mass is 386 g/mol. The Morgan fingerprint density at radius 3 is 2.74 bits per heavy atom. The minimum absolute atomic E-state index is 0.280. The molecule has 2 aliphatic rings. The number of halogens is 1. The highest BCUT2D eigenvalue weighted by molar-refractivity contribution is 9.10. The van der Waals surface area contributed by atoms with Crippen molar-refractivity contribution in [2.24, 2.45) is 11.3 Å². The average Bonchev–Trinajstić information content (AvgIpc) is 3.11. The molecule has 1 atom stereocenters. The van der Waals surface area contributed by atoms with Crippen LogP contribution < -0.4 is 0 Å². The molecule has 2 aliphatic heterocycles. The highest BCUT2D eigenvalue weighted by Crippen LogP contribution is 2.44. The van der Waals surface area contributed by atoms with Crippen LogP contribution in [0.3, 0.4) is 0 Å². The highest BCUT2D eigenvalue weighted by Gasteiger charge is 2.47. The van der Waals surface area contributed by atoms with Crippen LogP contribution in [0.5, 0.6) is 0 Å². The topological polar surface area (TPSA) is 49.1 Å². The van der Waals surface area contributed by atoms with Gasteiger partial charge in [0, 0.05) is 39.3 Å². The normalized spacial score (nSPS) is 25.4. The van der Waals surface area contributed by atoms with Gasteiger partial charge in [0.1, 0.15) is 5.76 Å². The van der Waals surface area contributed by atoms with Crippen LogP contribution in [0, 0.1) is 11.3 Å². The van der Waals surface area contributed by atoms with E-state index in [4.69, 9.17) is 9.15 Å². The Hall–Kier alpha value is -0.400. The van der Waals surface area contributed by atoms with Crippen molar-refractivity contribution >= 4 is 15.9 Å². The Bertz CT molecular complexity index is 500. The van der Waals surface area contributed by atoms with E-state index in [2.05, 4.69) is 25.7 Å². The molecule has 2 saturated heterocycles. The fourth-order valence-electron chi connectivity index (χ4n) is 4.17. The Morgan fingerprint density at radius 2 is 2.13 bits per heavy atom. The van der Waals surface area contributed by atoms with Gasteiger partial charge in [0.15, 0.2) is 4.67 Å². The molecule has 0 saturated carbocycles. The molecule has 1 spiro atoms. The van der Waals surface area contributed by atoms with Crippen molar-refractivity contribution < 1.29 is 14.3 Å². The van der Waals surface area contributed by atoms with Crippen LogP contribution in [-0.2, 0) is 11.3 Å². The van der Waals surface area contributed by atoms with Gasteiger partial charge in [-0.25, -0.2) is 0 Å². The van der Waals surface area contributed by atoms with Crippen LogP contribution in [0.2, 0.25) is 0 Å². The summed E-state index contributed by atoms with van der Waals surface area (Å²) in [7, 11) is 1.75. The third-order valence-electron chi connectivity index (χ3n) is 5.58. The number of likely N-dealkylation sites (tertiary alicyclic amines) is 2. The molecule has 0 aliphatic carbocycles. The lowest BCUT2D eigenvalue weighted by Gasteiger charge is -2.42. The summed E-state index contributed by atoms with van der Waals surface area (Å²) in [6, 6.07) is 3.99. The number of hydrogen-bond donors (Lipinski definition) is 1. The maximum atomic E-state index is 9.84. The second kappa shape index (κ2) is 7.66. The number of nitrogens with zero attached hydrogens (tertiary/aromatic N) is 2. The maximum absolute atomic E-state index is 9.84. The molecule has 3 rings (SSSR count). The number of rotatable bonds is 6. The van der Waals surface area contributed by atoms with E-state index in [1.54, 1.807) is 7.11 Å². The minimum Gasteiger partial charge on any atom is -0.453 e. The molecule has 1 unspecified atom stereocenters. The average molecular weight is 387 g/mol. The number of methoxy groups -OCH3 is 1. The maximum Gasteiger partial charge on any atom is 0.169 e. The molecular formula is C17H27BrN2O3. The van der Waals surface area contributed by atoms with Gasteiger partial charge >= 0.3 is 0 Å². The van der Waals surface area contributed by atoms with Gasteiger partial charge in [0.05, 0.1) is 13.2 Å². The van der Waals surface area contributed by atoms with Crippen molar-refractivity contribution in [3.63, 3.8) is 0 Å². The second-order valence-electron chi connectivity index (χ2n) is 6.95. The molecule has 1 aromatic heterocycles. The zero-order valence-corrected chi connectivity index (χ0v) is 15.4. The summed E-state index contributed by atoms with van der Waals surface area (Å²) in [6.07, 6.45) is 2.31. The molecule has 130 valence electrons. The fraction of sp³-hybridized carbons (Fsp3) is 0.765. The van der Waals surface area contributed by atoms with Gasteiger partial charge in [-0.15, -0.1) is 0 Å². The molecule has 0 bridgehead atoms. The van der Waals surface area contributed by atoms with E-state index in [-0.39, 0.29) is 5.41 Å². The van der Waals surface area contributed by atoms with Gasteiger partial charge in [-0.3, -0.25) is 4.90 Å². The largest absolute Gasteiger partial charge is 0.453 e. The summed E-state index contributed by atoms with van der Waals surface area (Å²) in [5, 5.41) is 9.84. The lowest BCUT2D eigenvalue weighted by molar-refractivity contribution is 0.0451. The summed E-state index contributed by atoms with van der Waals surface area (Å²) in [5.74, 6) is 1.42. The first-order valence-electron chi connectivity index (χ1n) is 8.44. The Morgan fingerprint density at radius 1 is 1.35 bits per heavy atom. The number of aliphatic hydroxyl groups is 1. The third kappa shape index (κ3) is 3.99. The van der Waals surface area contributed by atoms with E-state index >= 15 is 0 Å². The third-order valence-corrected chi connectivity index (χ3v) is 6.00. The van der Waals surface area contributed by atoms with Gasteiger partial charge < -0.3 is 19.2 Å². The van der Waals surface area contributed by atoms with Gasteiger partial charge in [-0.1, -0.05) is 0 Å². The second-order valence-corrected chi connectivity index (χ2v) is 7.73. The summed E-state index contributed by atoms with van der Waals surface area (Å²) in [6.45, 7) is 7.17. The van der Waals surface area contributed by atoms with Crippen molar-refractivity contribution in [1.82, 2.24) is 9.80 Å². The van der Waals surface area contributed by atoms with E-state index in [0.717, 1.165) is 69.1 Å². The number of hydrogen-bond acceptors (Lipinski definition) is 5. The van der Waals surface area contributed by atoms with Crippen molar-refractivity contribution in [1.29, 1.82) is 0 Å². The molecular weight excluding hydrogens is 360 g/mol. The molecule has 5 nitrogen and oxygen atoms in total. The molecule has 0 amide bonds. The van der Waals surface area contributed by atoms with Gasteiger partial charge in [0.2, 0.25) is 0 Å². The Kier molecular flexibility index (Phi) is 5.80. The first-order valence-corrected chi connectivity index (χ1v) is 9.23. The summed E-state index contributed by atoms with van der Waals surface area (Å²) in [4.78, 5) is 4.92. The number of piperidine rings is 1. The Balaban J connectivity index is 1.55. The molecule has 0 aromatic carbocycles. The van der Waals surface area contributed by atoms with Crippen LogP contribution in [0.4, 0.5) is 0 Å². The van der Waals surface area contributed by atoms with E-state index in [9.17, 15) is 5.11 Å². The quantitative estimate of drug-likeness (QED) is 0.811. The van der Waals surface area contributed by atoms with E-state index in [0.29, 0.717) is 12.5 Å². The fourth-order valence-corrected chi connectivity index (χ4v) is 4.51. The molecule has 2 fully saturated rings. The van der Waals surface area contributed by atoms with Crippen molar-refractivity contribution in [2.45, 2.75) is 19.4 Å². The lowest BCUT2D eigenvalue weighted by atomic mass is 9.71. The van der Waals surface area contributed by atoms with E-state index in [1.165, 1.54) is 0 Å². The molecule has 1 N–H and O–H groups in total. The summed E-state index contributed by atoms with van der Waals surface area (Å²) < 4.78 is 11.6. The first-order chi connectivity index (χ1) is 11.1. The molecule has 23 heavy (non-hydrogen) atoms. The molecule has 6 heteroatoms. The number of ether oxygens (including phenoxy) is 1. The van der Waals surface area contributed by atoms with Crippen molar-refractivity contribution in [2.75, 3.05) is 53.0 Å². The van der Waals surface area contributed by atoms with Gasteiger partial charge in [-0.05, 0) is 59.4 Å². The molecule has 0 radical (unpaired) electrons. The zero-order valence-electron chi connectivity index (χ0n) is 13.8. The number of furan rings is 1. The van der Waals surface area contributed by atoms with E-state index < -0.39 is 0 Å². The number of aliphatic hydroxyl groups excluding tert-OH is 1. The minimum atomic E-state index is 0.280.